The van der Waals surface area contributed by atoms with Crippen LogP contribution in [0.3, 0.4) is 0 Å². The van der Waals surface area contributed by atoms with Crippen molar-refractivity contribution in [1.29, 1.82) is 0 Å². The topological polar surface area (TPSA) is 151 Å². The number of H-pyrrole nitrogens is 1. The zero-order valence-electron chi connectivity index (χ0n) is 31.1. The Labute approximate surface area is 306 Å². The maximum Gasteiger partial charge on any atom is 0.261 e. The quantitative estimate of drug-likeness (QED) is 0.131. The van der Waals surface area contributed by atoms with Gasteiger partial charge in [-0.2, -0.15) is 0 Å². The summed E-state index contributed by atoms with van der Waals surface area (Å²) in [6, 6.07) is 26.1. The van der Waals surface area contributed by atoms with Crippen LogP contribution in [0.25, 0.3) is 22.5 Å². The van der Waals surface area contributed by atoms with E-state index in [1.165, 1.54) is 0 Å². The lowest BCUT2D eigenvalue weighted by atomic mass is 9.80. The molecule has 0 saturated carbocycles. The third-order valence-electron chi connectivity index (χ3n) is 9.21. The molecule has 1 aliphatic rings. The predicted molar refractivity (Wildman–Crippen MR) is 205 cm³/mol. The molecule has 2 aromatic carbocycles. The van der Waals surface area contributed by atoms with Crippen molar-refractivity contribution in [3.8, 4) is 45.5 Å². The van der Waals surface area contributed by atoms with Crippen LogP contribution >= 0.6 is 0 Å². The van der Waals surface area contributed by atoms with Crippen molar-refractivity contribution in [3.05, 3.63) is 96.8 Å². The Morgan fingerprint density at radius 3 is 1.83 bits per heavy atom. The largest absolute Gasteiger partial charge is 0.496 e. The Bertz CT molecular complexity index is 1940. The first kappa shape index (κ1) is 37.5. The first-order chi connectivity index (χ1) is 24.8. The molecule has 0 spiro atoms. The zero-order valence-corrected chi connectivity index (χ0v) is 31.1. The third-order valence-corrected chi connectivity index (χ3v) is 9.21. The standard InChI is InChI=1S/C23H31N3O3.C18H19N3O2/c1-22(2)12-7-13-23(3,4)26(22)21(27)15-29-16-10-11-17(19(14-16)28-5)18-8-6-9-20(24)25-18;1-12(15-6-4-10-20-15)23-13-8-9-14(17(11-13)22-2)16-5-3-7-18(19)21-16/h6,8-11,14H,7,12-13,15H2,1-5H3,(H2,24,25);3-12,20H,1-2H3,(H2,19,21). The molecule has 11 nitrogen and oxygen atoms in total. The Kier molecular flexibility index (Phi) is 11.6. The van der Waals surface area contributed by atoms with Crippen molar-refractivity contribution < 1.29 is 23.7 Å². The number of nitrogens with two attached hydrogens (primary N) is 2. The van der Waals surface area contributed by atoms with Gasteiger partial charge in [-0.25, -0.2) is 9.97 Å². The van der Waals surface area contributed by atoms with E-state index < -0.39 is 0 Å². The van der Waals surface area contributed by atoms with Gasteiger partial charge in [0, 0.05) is 40.5 Å². The molecule has 5 N–H and O–H groups in total. The minimum atomic E-state index is -0.178. The molecule has 52 heavy (non-hydrogen) atoms. The van der Waals surface area contributed by atoms with Gasteiger partial charge >= 0.3 is 0 Å². The number of nitrogens with one attached hydrogen (secondary N) is 1. The number of carbonyl (C=O) groups excluding carboxylic acids is 1. The molecule has 5 aromatic rings. The van der Waals surface area contributed by atoms with E-state index in [9.17, 15) is 4.79 Å². The average Bonchev–Trinajstić information content (AvgIpc) is 3.66. The number of anilines is 2. The number of likely N-dealkylation sites (tertiary alicyclic amines) is 1. The second-order valence-corrected chi connectivity index (χ2v) is 14.0. The summed E-state index contributed by atoms with van der Waals surface area (Å²) >= 11 is 0. The number of piperidine rings is 1. The Balaban J connectivity index is 0.000000206. The Morgan fingerprint density at radius 1 is 0.788 bits per heavy atom. The summed E-state index contributed by atoms with van der Waals surface area (Å²) in [4.78, 5) is 26.9. The lowest BCUT2D eigenvalue weighted by molar-refractivity contribution is -0.151. The molecular formula is C41H50N6O5. The van der Waals surface area contributed by atoms with Gasteiger partial charge in [0.25, 0.3) is 5.91 Å². The van der Waals surface area contributed by atoms with Crippen molar-refractivity contribution in [2.75, 3.05) is 32.3 Å². The smallest absolute Gasteiger partial charge is 0.261 e. The number of rotatable bonds is 10. The van der Waals surface area contributed by atoms with Gasteiger partial charge < -0.3 is 40.3 Å². The molecule has 6 rings (SSSR count). The van der Waals surface area contributed by atoms with Crippen LogP contribution < -0.4 is 30.4 Å². The van der Waals surface area contributed by atoms with Crippen LogP contribution in [0.5, 0.6) is 23.0 Å². The number of aromatic nitrogens is 3. The molecule has 1 unspecified atom stereocenters. The summed E-state index contributed by atoms with van der Waals surface area (Å²) in [5.74, 6) is 3.55. The highest BCUT2D eigenvalue weighted by Gasteiger charge is 2.44. The van der Waals surface area contributed by atoms with Gasteiger partial charge in [0.2, 0.25) is 0 Å². The van der Waals surface area contributed by atoms with Gasteiger partial charge in [0.15, 0.2) is 6.61 Å². The first-order valence-corrected chi connectivity index (χ1v) is 17.4. The average molecular weight is 707 g/mol. The number of nitrogens with zero attached hydrogens (tertiary/aromatic N) is 3. The van der Waals surface area contributed by atoms with E-state index in [4.69, 9.17) is 30.4 Å². The maximum atomic E-state index is 13.0. The normalized spacial score (nSPS) is 15.1. The number of benzene rings is 2. The molecule has 1 aliphatic heterocycles. The zero-order chi connectivity index (χ0) is 37.5. The summed E-state index contributed by atoms with van der Waals surface area (Å²) in [5, 5.41) is 0. The molecule has 1 amide bonds. The summed E-state index contributed by atoms with van der Waals surface area (Å²) in [5.41, 5.74) is 15.4. The Hall–Kier alpha value is -5.71. The molecule has 11 heteroatoms. The van der Waals surface area contributed by atoms with Crippen molar-refractivity contribution in [1.82, 2.24) is 19.9 Å². The molecule has 3 aromatic heterocycles. The lowest BCUT2D eigenvalue weighted by Gasteiger charge is -2.52. The summed E-state index contributed by atoms with van der Waals surface area (Å²) in [7, 11) is 3.22. The number of hydrogen-bond acceptors (Lipinski definition) is 9. The lowest BCUT2D eigenvalue weighted by Crippen LogP contribution is -2.61. The molecule has 0 aliphatic carbocycles. The van der Waals surface area contributed by atoms with Gasteiger partial charge in [-0.3, -0.25) is 4.79 Å². The Morgan fingerprint density at radius 2 is 1.33 bits per heavy atom. The predicted octanol–water partition coefficient (Wildman–Crippen LogP) is 8.10. The van der Waals surface area contributed by atoms with Crippen LogP contribution in [-0.2, 0) is 4.79 Å². The first-order valence-electron chi connectivity index (χ1n) is 17.4. The van der Waals surface area contributed by atoms with Crippen molar-refractivity contribution in [3.63, 3.8) is 0 Å². The highest BCUT2D eigenvalue weighted by Crippen LogP contribution is 2.39. The van der Waals surface area contributed by atoms with E-state index in [0.29, 0.717) is 28.9 Å². The van der Waals surface area contributed by atoms with Gasteiger partial charge in [-0.05, 0) is 115 Å². The number of aromatic amines is 1. The molecule has 1 atom stereocenters. The number of pyridine rings is 2. The minimum Gasteiger partial charge on any atom is -0.496 e. The van der Waals surface area contributed by atoms with E-state index in [0.717, 1.165) is 53.2 Å². The van der Waals surface area contributed by atoms with E-state index >= 15 is 0 Å². The number of nitrogen functional groups attached to an aromatic ring is 2. The molecule has 274 valence electrons. The van der Waals surface area contributed by atoms with Crippen LogP contribution in [0.4, 0.5) is 11.6 Å². The van der Waals surface area contributed by atoms with Gasteiger partial charge in [-0.15, -0.1) is 0 Å². The van der Waals surface area contributed by atoms with Crippen LogP contribution in [0.1, 0.15) is 65.7 Å². The fraction of sp³-hybridized carbons (Fsp3) is 0.341. The fourth-order valence-electron chi connectivity index (χ4n) is 6.88. The number of amides is 1. The second kappa shape index (κ2) is 16.1. The number of hydrogen-bond donors (Lipinski definition) is 3. The van der Waals surface area contributed by atoms with Gasteiger partial charge in [0.05, 0.1) is 31.3 Å². The van der Waals surface area contributed by atoms with Crippen molar-refractivity contribution >= 4 is 17.5 Å². The van der Waals surface area contributed by atoms with Crippen molar-refractivity contribution in [2.24, 2.45) is 0 Å². The molecule has 1 fully saturated rings. The highest BCUT2D eigenvalue weighted by atomic mass is 16.5. The van der Waals surface area contributed by atoms with Gasteiger partial charge in [0.1, 0.15) is 40.7 Å². The minimum absolute atomic E-state index is 0.000225. The van der Waals surface area contributed by atoms with E-state index in [1.807, 2.05) is 84.8 Å². The number of methoxy groups -OCH3 is 2. The fourth-order valence-corrected chi connectivity index (χ4v) is 6.88. The number of carbonyl (C=O) groups is 1. The maximum absolute atomic E-state index is 13.0. The summed E-state index contributed by atoms with van der Waals surface area (Å²) in [6.45, 7) is 10.5. The molecule has 4 heterocycles. The van der Waals surface area contributed by atoms with Crippen LogP contribution in [0.15, 0.2) is 91.1 Å². The van der Waals surface area contributed by atoms with Gasteiger partial charge in [-0.1, -0.05) is 12.1 Å². The molecule has 0 radical (unpaired) electrons. The van der Waals surface area contributed by atoms with Crippen LogP contribution in [0, 0.1) is 0 Å². The van der Waals surface area contributed by atoms with E-state index in [1.54, 1.807) is 32.4 Å². The summed E-state index contributed by atoms with van der Waals surface area (Å²) < 4.78 is 22.8. The molecule has 1 saturated heterocycles. The van der Waals surface area contributed by atoms with Crippen molar-refractivity contribution in [2.45, 2.75) is 71.1 Å². The van der Waals surface area contributed by atoms with Crippen LogP contribution in [0.2, 0.25) is 0 Å². The van der Waals surface area contributed by atoms with E-state index in [2.05, 4.69) is 42.6 Å². The highest BCUT2D eigenvalue weighted by molar-refractivity contribution is 5.80. The SMILES string of the molecule is COc1cc(OC(C)c2ccc[nH]2)ccc1-c1cccc(N)n1.COc1cc(OCC(=O)N2C(C)(C)CCCC2(C)C)ccc1-c1cccc(N)n1. The third kappa shape index (κ3) is 8.95. The summed E-state index contributed by atoms with van der Waals surface area (Å²) in [6.07, 6.45) is 4.92. The van der Waals surface area contributed by atoms with E-state index in [-0.39, 0.29) is 29.7 Å². The van der Waals surface area contributed by atoms with Crippen LogP contribution in [-0.4, -0.2) is 57.7 Å². The second-order valence-electron chi connectivity index (χ2n) is 14.0. The molecular weight excluding hydrogens is 656 g/mol. The molecule has 0 bridgehead atoms. The number of ether oxygens (including phenoxy) is 4. The monoisotopic (exact) mass is 706 g/mol.